The molecule has 0 amide bonds. The summed E-state index contributed by atoms with van der Waals surface area (Å²) in [5, 5.41) is 3.12. The van der Waals surface area contributed by atoms with Crippen molar-refractivity contribution in [3.63, 3.8) is 0 Å². The number of rotatable bonds is 3. The van der Waals surface area contributed by atoms with E-state index in [0.29, 0.717) is 11.9 Å². The fraction of sp³-hybridized carbons (Fsp3) is 0.500. The summed E-state index contributed by atoms with van der Waals surface area (Å²) in [6.07, 6.45) is 1.22. The highest BCUT2D eigenvalue weighted by atomic mass is 15.1. The zero-order chi connectivity index (χ0) is 13.0. The third-order valence-corrected chi connectivity index (χ3v) is 3.33. The molecule has 1 aromatic rings. The number of aliphatic imine (C=N–C) groups is 1. The van der Waals surface area contributed by atoms with E-state index in [9.17, 15) is 0 Å². The van der Waals surface area contributed by atoms with Gasteiger partial charge >= 0.3 is 0 Å². The summed E-state index contributed by atoms with van der Waals surface area (Å²) in [5.41, 5.74) is 8.11. The lowest BCUT2D eigenvalue weighted by Crippen LogP contribution is -2.24. The lowest BCUT2D eigenvalue weighted by atomic mass is 10.1. The van der Waals surface area contributed by atoms with Crippen LogP contribution in [-0.2, 0) is 0 Å². The Morgan fingerprint density at radius 2 is 2.17 bits per heavy atom. The highest BCUT2D eigenvalue weighted by Gasteiger charge is 2.18. The molecule has 1 aliphatic heterocycles. The van der Waals surface area contributed by atoms with Gasteiger partial charge in [0.05, 0.1) is 0 Å². The first-order valence-corrected chi connectivity index (χ1v) is 6.45. The maximum atomic E-state index is 5.88. The Kier molecular flexibility index (Phi) is 4.20. The highest BCUT2D eigenvalue weighted by molar-refractivity contribution is 5.92. The van der Waals surface area contributed by atoms with Crippen LogP contribution in [0.2, 0.25) is 0 Å². The molecule has 1 aromatic carbocycles. The number of benzene rings is 1. The minimum Gasteiger partial charge on any atom is -0.370 e. The van der Waals surface area contributed by atoms with E-state index in [-0.39, 0.29) is 0 Å². The molecule has 1 fully saturated rings. The van der Waals surface area contributed by atoms with Gasteiger partial charge in [-0.2, -0.15) is 0 Å². The molecule has 0 saturated carbocycles. The molecule has 1 heterocycles. The number of hydrogen-bond donors (Lipinski definition) is 2. The summed E-state index contributed by atoms with van der Waals surface area (Å²) < 4.78 is 0. The van der Waals surface area contributed by atoms with Crippen LogP contribution < -0.4 is 11.1 Å². The number of nitrogens with zero attached hydrogens (tertiary/aromatic N) is 2. The van der Waals surface area contributed by atoms with Crippen LogP contribution in [0, 0.1) is 12.8 Å². The number of aryl methyl sites for hydroxylation is 1. The number of guanidine groups is 1. The van der Waals surface area contributed by atoms with E-state index in [1.165, 1.54) is 18.5 Å². The lowest BCUT2D eigenvalue weighted by molar-refractivity contribution is 0.397. The zero-order valence-electron chi connectivity index (χ0n) is 11.2. The topological polar surface area (TPSA) is 53.6 Å². The van der Waals surface area contributed by atoms with Crippen LogP contribution in [0.4, 0.5) is 5.69 Å². The molecule has 0 aliphatic carbocycles. The Bertz CT molecular complexity index is 410. The summed E-state index contributed by atoms with van der Waals surface area (Å²) in [6.45, 7) is 5.18. The van der Waals surface area contributed by atoms with Crippen molar-refractivity contribution >= 4 is 11.6 Å². The second kappa shape index (κ2) is 5.87. The number of nitrogens with one attached hydrogen (secondary N) is 1. The molecule has 4 nitrogen and oxygen atoms in total. The second-order valence-corrected chi connectivity index (χ2v) is 5.13. The van der Waals surface area contributed by atoms with Crippen LogP contribution in [0.1, 0.15) is 12.0 Å². The van der Waals surface area contributed by atoms with E-state index in [2.05, 4.69) is 41.3 Å². The molecule has 0 aromatic heterocycles. The molecule has 0 radical (unpaired) electrons. The smallest absolute Gasteiger partial charge is 0.193 e. The normalized spacial score (nSPS) is 21.2. The predicted octanol–water partition coefficient (Wildman–Crippen LogP) is 1.67. The van der Waals surface area contributed by atoms with Crippen molar-refractivity contribution in [2.45, 2.75) is 13.3 Å². The van der Waals surface area contributed by atoms with Crippen LogP contribution >= 0.6 is 0 Å². The van der Waals surface area contributed by atoms with E-state index < -0.39 is 0 Å². The Morgan fingerprint density at radius 3 is 2.78 bits per heavy atom. The molecule has 2 rings (SSSR count). The summed E-state index contributed by atoms with van der Waals surface area (Å²) in [6, 6.07) is 8.14. The summed E-state index contributed by atoms with van der Waals surface area (Å²) >= 11 is 0. The summed E-state index contributed by atoms with van der Waals surface area (Å²) in [7, 11) is 2.15. The van der Waals surface area contributed by atoms with Gasteiger partial charge in [0.1, 0.15) is 0 Å². The van der Waals surface area contributed by atoms with Crippen molar-refractivity contribution in [3.05, 3.63) is 29.8 Å². The molecule has 1 atom stereocenters. The van der Waals surface area contributed by atoms with Crippen molar-refractivity contribution in [1.82, 2.24) is 4.90 Å². The van der Waals surface area contributed by atoms with Crippen molar-refractivity contribution in [2.24, 2.45) is 16.6 Å². The van der Waals surface area contributed by atoms with Crippen molar-refractivity contribution in [1.29, 1.82) is 0 Å². The standard InChI is InChI=1S/C14H22N4/c1-11-3-5-13(6-4-11)17-14(15)16-9-12-7-8-18(2)10-12/h3-6,12H,7-10H2,1-2H3,(H3,15,16,17). The first-order valence-electron chi connectivity index (χ1n) is 6.45. The molecule has 4 heteroatoms. The minimum atomic E-state index is 0.508. The molecule has 1 aliphatic rings. The first kappa shape index (κ1) is 12.9. The van der Waals surface area contributed by atoms with Crippen LogP contribution in [0.3, 0.4) is 0 Å². The van der Waals surface area contributed by atoms with Crippen LogP contribution in [-0.4, -0.2) is 37.5 Å². The SMILES string of the molecule is Cc1ccc(NC(N)=NCC2CCN(C)C2)cc1. The molecule has 98 valence electrons. The lowest BCUT2D eigenvalue weighted by Gasteiger charge is -2.09. The van der Waals surface area contributed by atoms with Gasteiger partial charge in [-0.3, -0.25) is 4.99 Å². The molecule has 0 bridgehead atoms. The van der Waals surface area contributed by atoms with Gasteiger partial charge in [-0.1, -0.05) is 17.7 Å². The highest BCUT2D eigenvalue weighted by Crippen LogP contribution is 2.14. The van der Waals surface area contributed by atoms with Crippen molar-refractivity contribution < 1.29 is 0 Å². The van der Waals surface area contributed by atoms with Gasteiger partial charge in [0.15, 0.2) is 5.96 Å². The van der Waals surface area contributed by atoms with Gasteiger partial charge in [0.25, 0.3) is 0 Å². The Morgan fingerprint density at radius 1 is 1.44 bits per heavy atom. The van der Waals surface area contributed by atoms with E-state index in [4.69, 9.17) is 5.73 Å². The fourth-order valence-corrected chi connectivity index (χ4v) is 2.23. The molecule has 1 saturated heterocycles. The largest absolute Gasteiger partial charge is 0.370 e. The molecular weight excluding hydrogens is 224 g/mol. The number of likely N-dealkylation sites (tertiary alicyclic amines) is 1. The maximum absolute atomic E-state index is 5.88. The van der Waals surface area contributed by atoms with Gasteiger partial charge in [-0.15, -0.1) is 0 Å². The van der Waals surface area contributed by atoms with Gasteiger partial charge in [0.2, 0.25) is 0 Å². The van der Waals surface area contributed by atoms with E-state index in [1.54, 1.807) is 0 Å². The van der Waals surface area contributed by atoms with Crippen molar-refractivity contribution in [3.8, 4) is 0 Å². The first-order chi connectivity index (χ1) is 8.63. The van der Waals surface area contributed by atoms with Gasteiger partial charge in [0, 0.05) is 18.8 Å². The average Bonchev–Trinajstić information content (AvgIpc) is 2.76. The predicted molar refractivity (Wildman–Crippen MR) is 76.9 cm³/mol. The minimum absolute atomic E-state index is 0.508. The second-order valence-electron chi connectivity index (χ2n) is 5.13. The molecule has 18 heavy (non-hydrogen) atoms. The molecule has 3 N–H and O–H groups in total. The maximum Gasteiger partial charge on any atom is 0.193 e. The Labute approximate surface area is 109 Å². The average molecular weight is 246 g/mol. The van der Waals surface area contributed by atoms with E-state index >= 15 is 0 Å². The third kappa shape index (κ3) is 3.74. The van der Waals surface area contributed by atoms with Gasteiger partial charge in [-0.05, 0) is 45.0 Å². The van der Waals surface area contributed by atoms with Crippen LogP contribution in [0.25, 0.3) is 0 Å². The summed E-state index contributed by atoms with van der Waals surface area (Å²) in [5.74, 6) is 1.15. The van der Waals surface area contributed by atoms with Crippen LogP contribution in [0.5, 0.6) is 0 Å². The van der Waals surface area contributed by atoms with E-state index in [1.807, 2.05) is 12.1 Å². The number of nitrogens with two attached hydrogens (primary N) is 1. The van der Waals surface area contributed by atoms with Gasteiger partial charge in [-0.25, -0.2) is 0 Å². The quantitative estimate of drug-likeness (QED) is 0.630. The Hall–Kier alpha value is -1.55. The van der Waals surface area contributed by atoms with Gasteiger partial charge < -0.3 is 16.0 Å². The Balaban J connectivity index is 1.83. The zero-order valence-corrected chi connectivity index (χ0v) is 11.2. The number of anilines is 1. The molecule has 0 spiro atoms. The van der Waals surface area contributed by atoms with E-state index in [0.717, 1.165) is 18.8 Å². The fourth-order valence-electron chi connectivity index (χ4n) is 2.23. The van der Waals surface area contributed by atoms with Crippen LogP contribution in [0.15, 0.2) is 29.3 Å². The third-order valence-electron chi connectivity index (χ3n) is 3.33. The van der Waals surface area contributed by atoms with Crippen molar-refractivity contribution in [2.75, 3.05) is 32.0 Å². The number of hydrogen-bond acceptors (Lipinski definition) is 2. The summed E-state index contributed by atoms with van der Waals surface area (Å²) in [4.78, 5) is 6.75. The molecular formula is C14H22N4. The monoisotopic (exact) mass is 246 g/mol. The molecule has 1 unspecified atom stereocenters.